The van der Waals surface area contributed by atoms with Gasteiger partial charge in [-0.3, -0.25) is 33.6 Å². The largest absolute Gasteiger partial charge is 0.469 e. The van der Waals surface area contributed by atoms with Crippen molar-refractivity contribution < 1.29 is 71.5 Å². The van der Waals surface area contributed by atoms with Crippen molar-refractivity contribution in [1.29, 1.82) is 0 Å². The van der Waals surface area contributed by atoms with E-state index < -0.39 is 73.6 Å². The Kier molecular flexibility index (Phi) is 22.6. The summed E-state index contributed by atoms with van der Waals surface area (Å²) in [5.41, 5.74) is -1.49. The van der Waals surface area contributed by atoms with E-state index in [1.54, 1.807) is 0 Å². The average molecular weight is 635 g/mol. The summed E-state index contributed by atoms with van der Waals surface area (Å²) in [6.07, 6.45) is 1.19. The summed E-state index contributed by atoms with van der Waals surface area (Å²) < 4.78 is 40.2. The molecule has 0 aromatic carbocycles. The first-order chi connectivity index (χ1) is 21.0. The molecule has 252 valence electrons. The smallest absolute Gasteiger partial charge is 0.305 e. The van der Waals surface area contributed by atoms with Crippen LogP contribution in [0.2, 0.25) is 0 Å². The highest BCUT2D eigenvalue weighted by molar-refractivity contribution is 5.74. The Morgan fingerprint density at radius 1 is 0.386 bits per heavy atom. The number of ether oxygens (including phenoxy) is 8. The molecule has 0 aromatic rings. The lowest BCUT2D eigenvalue weighted by Crippen LogP contribution is -2.44. The molecule has 0 fully saturated rings. The Hall–Kier alpha value is -3.75. The quantitative estimate of drug-likeness (QED) is 0.0803. The zero-order chi connectivity index (χ0) is 33.2. The van der Waals surface area contributed by atoms with E-state index in [-0.39, 0.29) is 64.2 Å². The van der Waals surface area contributed by atoms with Gasteiger partial charge in [-0.1, -0.05) is 0 Å². The molecule has 0 saturated heterocycles. The Morgan fingerprint density at radius 3 is 0.932 bits per heavy atom. The molecular formula is C29H46O15. The molecule has 15 heteroatoms. The zero-order valence-corrected chi connectivity index (χ0v) is 26.1. The van der Waals surface area contributed by atoms with Gasteiger partial charge in [0.15, 0.2) is 0 Å². The third-order valence-corrected chi connectivity index (χ3v) is 6.11. The van der Waals surface area contributed by atoms with E-state index in [1.807, 2.05) is 0 Å². The maximum atomic E-state index is 12.5. The second-order valence-electron chi connectivity index (χ2n) is 9.88. The van der Waals surface area contributed by atoms with Crippen LogP contribution < -0.4 is 0 Å². The predicted octanol–water partition coefficient (Wildman–Crippen LogP) is 1.99. The summed E-state index contributed by atoms with van der Waals surface area (Å²) in [6, 6.07) is 0. The lowest BCUT2D eigenvalue weighted by Gasteiger charge is -2.31. The molecule has 0 radical (unpaired) electrons. The number of rotatable bonds is 25. The highest BCUT2D eigenvalue weighted by Gasteiger charge is 2.38. The molecule has 44 heavy (non-hydrogen) atoms. The van der Waals surface area contributed by atoms with Crippen LogP contribution in [-0.2, 0) is 71.5 Å². The standard InChI is InChI=1S/C29H46O15/c1-37-17-6-5-10-25(33)41-18-29(19-42-26(34)14-7-11-22(30)38-2,20-43-27(35)15-8-12-23(31)39-3)21-44-28(36)16-9-13-24(32)40-4/h5-21H2,1-4H3. The summed E-state index contributed by atoms with van der Waals surface area (Å²) >= 11 is 0. The van der Waals surface area contributed by atoms with Gasteiger partial charge in [0.1, 0.15) is 31.8 Å². The van der Waals surface area contributed by atoms with E-state index in [9.17, 15) is 33.6 Å². The molecular weight excluding hydrogens is 588 g/mol. The molecule has 0 N–H and O–H groups in total. The lowest BCUT2D eigenvalue weighted by molar-refractivity contribution is -0.170. The van der Waals surface area contributed by atoms with Crippen LogP contribution in [0, 0.1) is 5.41 Å². The molecule has 0 amide bonds. The van der Waals surface area contributed by atoms with Gasteiger partial charge in [-0.25, -0.2) is 0 Å². The molecule has 0 unspecified atom stereocenters. The van der Waals surface area contributed by atoms with Crippen molar-refractivity contribution >= 4 is 41.8 Å². The topological polar surface area (TPSA) is 193 Å². The number of hydrogen-bond donors (Lipinski definition) is 0. The monoisotopic (exact) mass is 634 g/mol. The third-order valence-electron chi connectivity index (χ3n) is 6.11. The summed E-state index contributed by atoms with van der Waals surface area (Å²) in [7, 11) is 5.21. The number of esters is 7. The second kappa shape index (κ2) is 24.7. The summed E-state index contributed by atoms with van der Waals surface area (Å²) in [4.78, 5) is 83.8. The summed E-state index contributed by atoms with van der Waals surface area (Å²) in [5, 5.41) is 0. The van der Waals surface area contributed by atoms with E-state index in [4.69, 9.17) is 23.7 Å². The number of unbranched alkanes of at least 4 members (excludes halogenated alkanes) is 1. The molecule has 0 rings (SSSR count). The Balaban J connectivity index is 5.64. The first-order valence-electron chi connectivity index (χ1n) is 14.3. The molecule has 0 heterocycles. The predicted molar refractivity (Wildman–Crippen MR) is 150 cm³/mol. The van der Waals surface area contributed by atoms with E-state index >= 15 is 0 Å². The van der Waals surface area contributed by atoms with E-state index in [0.717, 1.165) is 0 Å². The van der Waals surface area contributed by atoms with Crippen molar-refractivity contribution in [2.24, 2.45) is 5.41 Å². The highest BCUT2D eigenvalue weighted by atomic mass is 16.6. The summed E-state index contributed by atoms with van der Waals surface area (Å²) in [5.74, 6) is -4.16. The van der Waals surface area contributed by atoms with Crippen LogP contribution in [0.25, 0.3) is 0 Å². The van der Waals surface area contributed by atoms with Gasteiger partial charge in [-0.2, -0.15) is 0 Å². The molecule has 15 nitrogen and oxygen atoms in total. The minimum Gasteiger partial charge on any atom is -0.469 e. The Bertz CT molecular complexity index is 821. The SMILES string of the molecule is COCCCCC(=O)OCC(COC(=O)CCCC(=O)OC)(COC(=O)CCCC(=O)OC)COC(=O)CCCC(=O)OC. The van der Waals surface area contributed by atoms with Gasteiger partial charge < -0.3 is 37.9 Å². The summed E-state index contributed by atoms with van der Waals surface area (Å²) in [6.45, 7) is -1.37. The number of hydrogen-bond acceptors (Lipinski definition) is 15. The van der Waals surface area contributed by atoms with Gasteiger partial charge in [0.2, 0.25) is 0 Å². The van der Waals surface area contributed by atoms with Crippen LogP contribution in [0.15, 0.2) is 0 Å². The van der Waals surface area contributed by atoms with Crippen LogP contribution in [-0.4, -0.2) is 103 Å². The number of carbonyl (C=O) groups excluding carboxylic acids is 7. The van der Waals surface area contributed by atoms with Crippen LogP contribution >= 0.6 is 0 Å². The van der Waals surface area contributed by atoms with Gasteiger partial charge in [-0.05, 0) is 32.1 Å². The van der Waals surface area contributed by atoms with Crippen molar-refractivity contribution in [3.63, 3.8) is 0 Å². The van der Waals surface area contributed by atoms with Crippen LogP contribution in [0.4, 0.5) is 0 Å². The molecule has 0 bridgehead atoms. The fraction of sp³-hybridized carbons (Fsp3) is 0.759. The van der Waals surface area contributed by atoms with Crippen LogP contribution in [0.3, 0.4) is 0 Å². The molecule has 0 spiro atoms. The maximum absolute atomic E-state index is 12.5. The lowest BCUT2D eigenvalue weighted by atomic mass is 9.92. The van der Waals surface area contributed by atoms with E-state index in [1.165, 1.54) is 28.4 Å². The average Bonchev–Trinajstić information content (AvgIpc) is 3.01. The fourth-order valence-corrected chi connectivity index (χ4v) is 3.43. The Morgan fingerprint density at radius 2 is 0.659 bits per heavy atom. The molecule has 0 saturated carbocycles. The van der Waals surface area contributed by atoms with Gasteiger partial charge >= 0.3 is 41.8 Å². The minimum absolute atomic E-state index is 0.0101. The van der Waals surface area contributed by atoms with E-state index in [2.05, 4.69) is 14.2 Å². The number of carbonyl (C=O) groups is 7. The van der Waals surface area contributed by atoms with Gasteiger partial charge in [0.05, 0.1) is 21.3 Å². The van der Waals surface area contributed by atoms with Gasteiger partial charge in [0, 0.05) is 58.7 Å². The van der Waals surface area contributed by atoms with Gasteiger partial charge in [-0.15, -0.1) is 0 Å². The Labute approximate surface area is 257 Å². The fourth-order valence-electron chi connectivity index (χ4n) is 3.43. The first kappa shape index (κ1) is 40.2. The van der Waals surface area contributed by atoms with Crippen molar-refractivity contribution in [2.75, 3.05) is 61.5 Å². The van der Waals surface area contributed by atoms with Crippen molar-refractivity contribution in [2.45, 2.75) is 77.0 Å². The molecule has 0 aliphatic carbocycles. The minimum atomic E-state index is -1.49. The zero-order valence-electron chi connectivity index (χ0n) is 26.1. The van der Waals surface area contributed by atoms with Crippen LogP contribution in [0.5, 0.6) is 0 Å². The molecule has 0 atom stereocenters. The van der Waals surface area contributed by atoms with Crippen LogP contribution in [0.1, 0.15) is 77.0 Å². The highest BCUT2D eigenvalue weighted by Crippen LogP contribution is 2.23. The first-order valence-corrected chi connectivity index (χ1v) is 14.3. The van der Waals surface area contributed by atoms with Crippen molar-refractivity contribution in [1.82, 2.24) is 0 Å². The molecule has 0 aromatic heterocycles. The maximum Gasteiger partial charge on any atom is 0.305 e. The third kappa shape index (κ3) is 21.0. The second-order valence-corrected chi connectivity index (χ2v) is 9.88. The number of methoxy groups -OCH3 is 4. The molecule has 0 aliphatic rings. The van der Waals surface area contributed by atoms with Crippen molar-refractivity contribution in [3.05, 3.63) is 0 Å². The van der Waals surface area contributed by atoms with Gasteiger partial charge in [0.25, 0.3) is 0 Å². The van der Waals surface area contributed by atoms with E-state index in [0.29, 0.717) is 19.4 Å². The molecule has 0 aliphatic heterocycles. The van der Waals surface area contributed by atoms with Crippen molar-refractivity contribution in [3.8, 4) is 0 Å². The normalized spacial score (nSPS) is 10.7.